The average Bonchev–Trinajstić information content (AvgIpc) is 3.43. The van der Waals surface area contributed by atoms with Crippen LogP contribution in [0.4, 0.5) is 0 Å². The summed E-state index contributed by atoms with van der Waals surface area (Å²) in [5.74, 6) is 3.46. The van der Waals surface area contributed by atoms with Gasteiger partial charge in [0.15, 0.2) is 0 Å². The molecule has 3 nitrogen and oxygen atoms in total. The summed E-state index contributed by atoms with van der Waals surface area (Å²) >= 11 is 0. The van der Waals surface area contributed by atoms with Gasteiger partial charge in [0.05, 0.1) is 12.5 Å². The fourth-order valence-electron chi connectivity index (χ4n) is 14.6. The molecule has 0 bridgehead atoms. The molecule has 0 radical (unpaired) electrons. The first kappa shape index (κ1) is 41.3. The van der Waals surface area contributed by atoms with Crippen LogP contribution in [0.2, 0.25) is 0 Å². The van der Waals surface area contributed by atoms with Gasteiger partial charge in [0, 0.05) is 5.41 Å². The van der Waals surface area contributed by atoms with Gasteiger partial charge in [-0.3, -0.25) is 4.79 Å². The van der Waals surface area contributed by atoms with E-state index in [0.29, 0.717) is 28.1 Å². The Balaban J connectivity index is 1.08. The third kappa shape index (κ3) is 8.25. The van der Waals surface area contributed by atoms with E-state index in [1.54, 1.807) is 0 Å². The first-order valence-corrected chi connectivity index (χ1v) is 22.7. The van der Waals surface area contributed by atoms with Gasteiger partial charge in [-0.25, -0.2) is 0 Å². The van der Waals surface area contributed by atoms with E-state index in [-0.39, 0.29) is 29.3 Å². The number of carbonyl (C=O) groups excluding carboxylic acids is 1. The van der Waals surface area contributed by atoms with Gasteiger partial charge < -0.3 is 9.84 Å². The second-order valence-electron chi connectivity index (χ2n) is 21.1. The summed E-state index contributed by atoms with van der Waals surface area (Å²) in [6, 6.07) is 0. The minimum absolute atomic E-state index is 0.0481. The standard InChI is InChI=1S/C48H84O3/c1-10-11-12-13-14-15-16-17-18-19-20-21-22-23-36(49)34-42(50)51-41-28-30-46(7)39(44(41,4)5)27-31-48(9)40(46)25-24-38-43-37(35(2)3)26-29-45(43,6)32-33-47(38,48)8/h36-41,43,49H,2,10-34H2,1,3-9H3/t36?,37-,38+,39-,40+,41-,43?,45+,46-,47+,48+/m0/s1. The van der Waals surface area contributed by atoms with Gasteiger partial charge in [0.2, 0.25) is 0 Å². The van der Waals surface area contributed by atoms with Crippen molar-refractivity contribution in [1.29, 1.82) is 0 Å². The fourth-order valence-corrected chi connectivity index (χ4v) is 14.6. The summed E-state index contributed by atoms with van der Waals surface area (Å²) in [5, 5.41) is 10.8. The fraction of sp³-hybridized carbons (Fsp3) is 0.938. The molecule has 1 N–H and O–H groups in total. The van der Waals surface area contributed by atoms with E-state index in [1.165, 1.54) is 128 Å². The Morgan fingerprint density at radius 2 is 1.31 bits per heavy atom. The molecule has 5 fully saturated rings. The zero-order valence-electron chi connectivity index (χ0n) is 35.2. The van der Waals surface area contributed by atoms with Crippen LogP contribution in [0.5, 0.6) is 0 Å². The molecule has 0 amide bonds. The number of hydrogen-bond acceptors (Lipinski definition) is 3. The van der Waals surface area contributed by atoms with Crippen LogP contribution in [0.15, 0.2) is 12.2 Å². The molecule has 5 aliphatic carbocycles. The maximum Gasteiger partial charge on any atom is 0.308 e. The van der Waals surface area contributed by atoms with Crippen molar-refractivity contribution in [3.8, 4) is 0 Å². The van der Waals surface area contributed by atoms with Gasteiger partial charge in [0.1, 0.15) is 6.10 Å². The number of rotatable bonds is 18. The topological polar surface area (TPSA) is 46.5 Å². The SMILES string of the molecule is C=C(C)[C@@H]1CC[C@]2(C)CC[C@]3(C)[C@H](CC[C@@H]4[C@@]5(C)CC[C@H](OC(=O)CC(O)CCCCCCCCCCCCCCC)C(C)(C)[C@@H]5CC[C@]43C)C12. The van der Waals surface area contributed by atoms with Crippen LogP contribution in [0.1, 0.15) is 216 Å². The molecule has 51 heavy (non-hydrogen) atoms. The molecule has 0 spiro atoms. The molecule has 0 aromatic heterocycles. The number of carbonyl (C=O) groups is 1. The van der Waals surface area contributed by atoms with Crippen LogP contribution < -0.4 is 0 Å². The highest BCUT2D eigenvalue weighted by atomic mass is 16.5. The maximum atomic E-state index is 13.3. The zero-order chi connectivity index (χ0) is 37.1. The number of allylic oxidation sites excluding steroid dienone is 1. The summed E-state index contributed by atoms with van der Waals surface area (Å²) in [4.78, 5) is 13.3. The second kappa shape index (κ2) is 16.9. The lowest BCUT2D eigenvalue weighted by Crippen LogP contribution is -2.66. The summed E-state index contributed by atoms with van der Waals surface area (Å²) in [6.07, 6.45) is 30.4. The van der Waals surface area contributed by atoms with Gasteiger partial charge in [-0.2, -0.15) is 0 Å². The van der Waals surface area contributed by atoms with E-state index in [1.807, 2.05) is 0 Å². The van der Waals surface area contributed by atoms with E-state index in [4.69, 9.17) is 4.74 Å². The number of unbranched alkanes of at least 4 members (excludes halogenated alkanes) is 12. The minimum atomic E-state index is -0.574. The van der Waals surface area contributed by atoms with Gasteiger partial charge in [-0.15, -0.1) is 0 Å². The van der Waals surface area contributed by atoms with Crippen LogP contribution in [0.25, 0.3) is 0 Å². The van der Waals surface area contributed by atoms with Crippen molar-refractivity contribution in [1.82, 2.24) is 0 Å². The van der Waals surface area contributed by atoms with Crippen molar-refractivity contribution < 1.29 is 14.6 Å². The van der Waals surface area contributed by atoms with Crippen LogP contribution >= 0.6 is 0 Å². The molecule has 0 aliphatic heterocycles. The third-order valence-electron chi connectivity index (χ3n) is 17.7. The molecular formula is C48H84O3. The molecule has 5 aliphatic rings. The smallest absolute Gasteiger partial charge is 0.308 e. The summed E-state index contributed by atoms with van der Waals surface area (Å²) in [7, 11) is 0. The number of aliphatic hydroxyl groups is 1. The van der Waals surface area contributed by atoms with Crippen molar-refractivity contribution in [2.75, 3.05) is 0 Å². The minimum Gasteiger partial charge on any atom is -0.462 e. The number of esters is 1. The number of fused-ring (bicyclic) bond motifs is 7. The van der Waals surface area contributed by atoms with Crippen LogP contribution in [-0.2, 0) is 9.53 Å². The molecule has 2 unspecified atom stereocenters. The Morgan fingerprint density at radius 1 is 0.706 bits per heavy atom. The molecule has 5 saturated carbocycles. The molecule has 0 aromatic rings. The highest BCUT2D eigenvalue weighted by Crippen LogP contribution is 2.77. The molecule has 11 atom stereocenters. The zero-order valence-corrected chi connectivity index (χ0v) is 35.2. The van der Waals surface area contributed by atoms with Crippen LogP contribution in [0, 0.1) is 56.7 Å². The average molecular weight is 709 g/mol. The Bertz CT molecular complexity index is 1160. The normalized spacial score (nSPS) is 40.4. The first-order valence-electron chi connectivity index (χ1n) is 22.7. The first-order chi connectivity index (χ1) is 24.1. The Morgan fingerprint density at radius 3 is 1.92 bits per heavy atom. The Kier molecular flexibility index (Phi) is 13.7. The molecular weight excluding hydrogens is 625 g/mol. The van der Waals surface area contributed by atoms with E-state index >= 15 is 0 Å². The van der Waals surface area contributed by atoms with E-state index in [2.05, 4.69) is 62.0 Å². The van der Waals surface area contributed by atoms with E-state index in [0.717, 1.165) is 49.9 Å². The summed E-state index contributed by atoms with van der Waals surface area (Å²) in [6.45, 7) is 24.7. The molecule has 0 saturated heterocycles. The van der Waals surface area contributed by atoms with Gasteiger partial charge in [-0.05, 0) is 129 Å². The molecule has 0 aromatic carbocycles. The number of ether oxygens (including phenoxy) is 1. The molecule has 294 valence electrons. The van der Waals surface area contributed by atoms with Crippen LogP contribution in [0.3, 0.4) is 0 Å². The predicted octanol–water partition coefficient (Wildman–Crippen LogP) is 13.8. The quantitative estimate of drug-likeness (QED) is 0.0876. The number of hydrogen-bond donors (Lipinski definition) is 1. The van der Waals surface area contributed by atoms with Gasteiger partial charge >= 0.3 is 5.97 Å². The van der Waals surface area contributed by atoms with Gasteiger partial charge in [-0.1, -0.05) is 144 Å². The molecule has 0 heterocycles. The van der Waals surface area contributed by atoms with Crippen molar-refractivity contribution in [2.45, 2.75) is 228 Å². The lowest BCUT2D eigenvalue weighted by molar-refractivity contribution is -0.249. The highest BCUT2D eigenvalue weighted by Gasteiger charge is 2.70. The van der Waals surface area contributed by atoms with Crippen LogP contribution in [-0.4, -0.2) is 23.3 Å². The third-order valence-corrected chi connectivity index (χ3v) is 17.7. The molecule has 3 heteroatoms. The molecule has 5 rings (SSSR count). The monoisotopic (exact) mass is 709 g/mol. The van der Waals surface area contributed by atoms with E-state index < -0.39 is 6.10 Å². The summed E-state index contributed by atoms with van der Waals surface area (Å²) < 4.78 is 6.34. The lowest BCUT2D eigenvalue weighted by Gasteiger charge is -2.73. The van der Waals surface area contributed by atoms with Crippen molar-refractivity contribution in [2.24, 2.45) is 56.7 Å². The lowest BCUT2D eigenvalue weighted by atomic mass is 9.32. The van der Waals surface area contributed by atoms with Crippen molar-refractivity contribution in [3.05, 3.63) is 12.2 Å². The summed E-state index contributed by atoms with van der Waals surface area (Å²) in [5.41, 5.74) is 2.93. The number of aliphatic hydroxyl groups excluding tert-OH is 1. The highest BCUT2D eigenvalue weighted by molar-refractivity contribution is 5.70. The Labute approximate surface area is 316 Å². The van der Waals surface area contributed by atoms with Gasteiger partial charge in [0.25, 0.3) is 0 Å². The van der Waals surface area contributed by atoms with E-state index in [9.17, 15) is 9.90 Å². The maximum absolute atomic E-state index is 13.3. The van der Waals surface area contributed by atoms with Crippen molar-refractivity contribution in [3.63, 3.8) is 0 Å². The van der Waals surface area contributed by atoms with Crippen molar-refractivity contribution >= 4 is 5.97 Å². The predicted molar refractivity (Wildman–Crippen MR) is 215 cm³/mol. The second-order valence-corrected chi connectivity index (χ2v) is 21.1. The Hall–Kier alpha value is -0.830. The largest absolute Gasteiger partial charge is 0.462 e.